The second-order valence-electron chi connectivity index (χ2n) is 9.69. The molecule has 2 unspecified atom stereocenters. The molecule has 1 N–H and O–H groups in total. The fourth-order valence-electron chi connectivity index (χ4n) is 5.58. The second-order valence-corrected chi connectivity index (χ2v) is 9.69. The van der Waals surface area contributed by atoms with Crippen LogP contribution in [0, 0.1) is 6.92 Å². The van der Waals surface area contributed by atoms with E-state index >= 15 is 0 Å². The SMILES string of the molecule is Cc1ncccc1-c1noc(C2CC2)c1COC1CC2CC[C@@H](C1)N2c1ccc(C(=O)O)cn1. The summed E-state index contributed by atoms with van der Waals surface area (Å²) in [5, 5.41) is 13.6. The molecule has 3 atom stereocenters. The summed E-state index contributed by atoms with van der Waals surface area (Å²) in [6.07, 6.45) is 9.78. The number of nitrogens with zero attached hydrogens (tertiary/aromatic N) is 4. The molecule has 176 valence electrons. The monoisotopic (exact) mass is 460 g/mol. The molecule has 0 spiro atoms. The standard InChI is InChI=1S/C26H28N4O4/c1-15-21(3-2-10-27-15)24-22(25(34-29-24)16-4-5-16)14-33-20-11-18-7-8-19(12-20)30(18)23-9-6-17(13-28-23)26(31)32/h2-3,6,9-10,13,16,18-20H,4-5,7-8,11-12,14H2,1H3,(H,31,32)/t18-,19?,20?/m0/s1. The Morgan fingerprint density at radius 1 is 1.15 bits per heavy atom. The van der Waals surface area contributed by atoms with Crippen LogP contribution in [0.4, 0.5) is 5.82 Å². The van der Waals surface area contributed by atoms with Gasteiger partial charge in [-0.1, -0.05) is 5.16 Å². The smallest absolute Gasteiger partial charge is 0.337 e. The van der Waals surface area contributed by atoms with Gasteiger partial charge in [0.15, 0.2) is 0 Å². The minimum absolute atomic E-state index is 0.164. The van der Waals surface area contributed by atoms with Crippen molar-refractivity contribution in [1.82, 2.24) is 15.1 Å². The number of carboxylic acids is 1. The van der Waals surface area contributed by atoms with Gasteiger partial charge in [-0.25, -0.2) is 9.78 Å². The fourth-order valence-corrected chi connectivity index (χ4v) is 5.58. The van der Waals surface area contributed by atoms with E-state index in [1.807, 2.05) is 25.1 Å². The topological polar surface area (TPSA) is 102 Å². The van der Waals surface area contributed by atoms with Crippen molar-refractivity contribution < 1.29 is 19.2 Å². The molecule has 8 nitrogen and oxygen atoms in total. The van der Waals surface area contributed by atoms with Crippen molar-refractivity contribution in [2.75, 3.05) is 4.90 Å². The van der Waals surface area contributed by atoms with Crippen LogP contribution in [0.3, 0.4) is 0 Å². The maximum atomic E-state index is 11.2. The molecular weight excluding hydrogens is 432 g/mol. The number of carboxylic acid groups (broad SMARTS) is 1. The van der Waals surface area contributed by atoms with Crippen LogP contribution in [-0.4, -0.2) is 44.4 Å². The maximum Gasteiger partial charge on any atom is 0.337 e. The average Bonchev–Trinajstić information content (AvgIpc) is 3.55. The Morgan fingerprint density at radius 2 is 1.94 bits per heavy atom. The van der Waals surface area contributed by atoms with E-state index in [-0.39, 0.29) is 11.7 Å². The molecule has 8 heteroatoms. The lowest BCUT2D eigenvalue weighted by atomic mass is 9.99. The summed E-state index contributed by atoms with van der Waals surface area (Å²) in [4.78, 5) is 22.4. The van der Waals surface area contributed by atoms with Crippen molar-refractivity contribution in [2.45, 2.75) is 76.2 Å². The predicted octanol–water partition coefficient (Wildman–Crippen LogP) is 4.73. The molecule has 6 rings (SSSR count). The number of piperidine rings is 1. The number of aryl methyl sites for hydroxylation is 1. The number of hydrogen-bond donors (Lipinski definition) is 1. The quantitative estimate of drug-likeness (QED) is 0.540. The highest BCUT2D eigenvalue weighted by Crippen LogP contribution is 2.45. The van der Waals surface area contributed by atoms with Gasteiger partial charge in [-0.2, -0.15) is 0 Å². The van der Waals surface area contributed by atoms with Gasteiger partial charge in [0.1, 0.15) is 17.3 Å². The Bertz CT molecular complexity index is 1190. The molecule has 0 aromatic carbocycles. The first-order valence-electron chi connectivity index (χ1n) is 12.1. The van der Waals surface area contributed by atoms with E-state index < -0.39 is 5.97 Å². The summed E-state index contributed by atoms with van der Waals surface area (Å²) in [6, 6.07) is 8.16. The van der Waals surface area contributed by atoms with Crippen LogP contribution in [0.5, 0.6) is 0 Å². The van der Waals surface area contributed by atoms with Crippen molar-refractivity contribution in [2.24, 2.45) is 0 Å². The third-order valence-electron chi connectivity index (χ3n) is 7.44. The van der Waals surface area contributed by atoms with Gasteiger partial charge in [0.25, 0.3) is 0 Å². The zero-order valence-electron chi connectivity index (χ0n) is 19.2. The lowest BCUT2D eigenvalue weighted by Gasteiger charge is -2.39. The minimum atomic E-state index is -0.950. The Morgan fingerprint density at radius 3 is 2.59 bits per heavy atom. The average molecular weight is 461 g/mol. The summed E-state index contributed by atoms with van der Waals surface area (Å²) in [6.45, 7) is 2.49. The molecule has 3 aliphatic rings. The molecule has 1 saturated carbocycles. The van der Waals surface area contributed by atoms with Gasteiger partial charge in [-0.15, -0.1) is 0 Å². The molecule has 2 saturated heterocycles. The van der Waals surface area contributed by atoms with E-state index in [9.17, 15) is 4.79 Å². The van der Waals surface area contributed by atoms with Crippen LogP contribution in [0.15, 0.2) is 41.2 Å². The first-order valence-corrected chi connectivity index (χ1v) is 12.1. The molecule has 3 aromatic rings. The number of carbonyl (C=O) groups is 1. The highest BCUT2D eigenvalue weighted by molar-refractivity contribution is 5.87. The number of aromatic carboxylic acids is 1. The van der Waals surface area contributed by atoms with E-state index in [0.29, 0.717) is 24.6 Å². The highest BCUT2D eigenvalue weighted by Gasteiger charge is 2.42. The molecule has 3 aromatic heterocycles. The van der Waals surface area contributed by atoms with Crippen LogP contribution in [0.25, 0.3) is 11.3 Å². The van der Waals surface area contributed by atoms with Gasteiger partial charge >= 0.3 is 5.97 Å². The Hall–Kier alpha value is -3.26. The predicted molar refractivity (Wildman–Crippen MR) is 125 cm³/mol. The number of rotatable bonds is 7. The lowest BCUT2D eigenvalue weighted by molar-refractivity contribution is 0.0146. The second kappa shape index (κ2) is 8.51. The van der Waals surface area contributed by atoms with Crippen molar-refractivity contribution >= 4 is 11.8 Å². The molecule has 34 heavy (non-hydrogen) atoms. The molecular formula is C26H28N4O4. The van der Waals surface area contributed by atoms with Crippen molar-refractivity contribution in [3.63, 3.8) is 0 Å². The summed E-state index contributed by atoms with van der Waals surface area (Å²) in [5.41, 5.74) is 4.08. The van der Waals surface area contributed by atoms with E-state index in [1.54, 1.807) is 12.3 Å². The summed E-state index contributed by atoms with van der Waals surface area (Å²) < 4.78 is 12.3. The first-order chi connectivity index (χ1) is 16.6. The van der Waals surface area contributed by atoms with E-state index in [0.717, 1.165) is 72.6 Å². The van der Waals surface area contributed by atoms with Gasteiger partial charge in [0.2, 0.25) is 0 Å². The highest BCUT2D eigenvalue weighted by atomic mass is 16.5. The van der Waals surface area contributed by atoms with Crippen LogP contribution in [0.2, 0.25) is 0 Å². The summed E-state index contributed by atoms with van der Waals surface area (Å²) >= 11 is 0. The third kappa shape index (κ3) is 3.86. The number of anilines is 1. The van der Waals surface area contributed by atoms with Crippen molar-refractivity contribution in [1.29, 1.82) is 0 Å². The number of pyridine rings is 2. The van der Waals surface area contributed by atoms with E-state index in [2.05, 4.69) is 20.0 Å². The minimum Gasteiger partial charge on any atom is -0.478 e. The van der Waals surface area contributed by atoms with Gasteiger partial charge < -0.3 is 19.3 Å². The maximum absolute atomic E-state index is 11.2. The van der Waals surface area contributed by atoms with Gasteiger partial charge in [0.05, 0.1) is 18.3 Å². The van der Waals surface area contributed by atoms with Crippen molar-refractivity contribution in [3.8, 4) is 11.3 Å². The Balaban J connectivity index is 1.18. The largest absolute Gasteiger partial charge is 0.478 e. The van der Waals surface area contributed by atoms with Crippen LogP contribution in [0.1, 0.15) is 71.8 Å². The number of aromatic nitrogens is 3. The fraction of sp³-hybridized carbons (Fsp3) is 0.462. The van der Waals surface area contributed by atoms with Crippen molar-refractivity contribution in [3.05, 3.63) is 59.2 Å². The third-order valence-corrected chi connectivity index (χ3v) is 7.44. The molecule has 0 radical (unpaired) electrons. The zero-order chi connectivity index (χ0) is 23.2. The molecule has 5 heterocycles. The van der Waals surface area contributed by atoms with E-state index in [4.69, 9.17) is 14.4 Å². The van der Waals surface area contributed by atoms with Crippen LogP contribution in [-0.2, 0) is 11.3 Å². The normalized spacial score (nSPS) is 23.9. The first kappa shape index (κ1) is 21.3. The Labute approximate surface area is 198 Å². The van der Waals surface area contributed by atoms with Crippen LogP contribution >= 0.6 is 0 Å². The van der Waals surface area contributed by atoms with Gasteiger partial charge in [-0.3, -0.25) is 4.98 Å². The van der Waals surface area contributed by atoms with Gasteiger partial charge in [-0.05, 0) is 69.7 Å². The summed E-state index contributed by atoms with van der Waals surface area (Å²) in [5.74, 6) is 1.34. The van der Waals surface area contributed by atoms with Crippen LogP contribution < -0.4 is 4.90 Å². The molecule has 0 amide bonds. The molecule has 1 aliphatic carbocycles. The zero-order valence-corrected chi connectivity index (χ0v) is 19.2. The molecule has 3 fully saturated rings. The molecule has 2 aliphatic heterocycles. The number of ether oxygens (including phenoxy) is 1. The lowest BCUT2D eigenvalue weighted by Crippen LogP contribution is -2.46. The molecule has 2 bridgehead atoms. The Kier molecular flexibility index (Phi) is 5.32. The number of fused-ring (bicyclic) bond motifs is 2. The van der Waals surface area contributed by atoms with E-state index in [1.165, 1.54) is 6.20 Å². The van der Waals surface area contributed by atoms with Gasteiger partial charge in [0, 0.05) is 47.2 Å². The number of hydrogen-bond acceptors (Lipinski definition) is 7. The summed E-state index contributed by atoms with van der Waals surface area (Å²) in [7, 11) is 0.